The number of aromatic nitrogens is 1. The van der Waals surface area contributed by atoms with E-state index in [1.165, 1.54) is 0 Å². The average Bonchev–Trinajstić information content (AvgIpc) is 2.31. The molecule has 1 unspecified atom stereocenters. The Kier molecular flexibility index (Phi) is 4.91. The minimum absolute atomic E-state index is 0. The van der Waals surface area contributed by atoms with E-state index < -0.39 is 9.84 Å². The van der Waals surface area contributed by atoms with E-state index in [0.29, 0.717) is 6.54 Å². The molecule has 0 bridgehead atoms. The molecule has 1 aliphatic rings. The Morgan fingerprint density at radius 1 is 1.41 bits per heavy atom. The number of rotatable bonds is 2. The van der Waals surface area contributed by atoms with Gasteiger partial charge in [0.1, 0.15) is 0 Å². The molecule has 2 heterocycles. The van der Waals surface area contributed by atoms with Gasteiger partial charge in [0.25, 0.3) is 0 Å². The molecule has 0 aliphatic carbocycles. The topological polar surface area (TPSA) is 59.1 Å². The van der Waals surface area contributed by atoms with Crippen molar-refractivity contribution in [1.29, 1.82) is 0 Å². The first-order chi connectivity index (χ1) is 7.60. The van der Waals surface area contributed by atoms with Gasteiger partial charge in [0.05, 0.1) is 5.25 Å². The molecule has 0 aromatic carbocycles. The summed E-state index contributed by atoms with van der Waals surface area (Å²) < 4.78 is 24.4. The first-order valence-electron chi connectivity index (χ1n) is 5.48. The number of pyridine rings is 1. The molecule has 1 N–H and O–H groups in total. The minimum atomic E-state index is -3.25. The second kappa shape index (κ2) is 5.80. The molecule has 0 spiro atoms. The monoisotopic (exact) mass is 276 g/mol. The summed E-state index contributed by atoms with van der Waals surface area (Å²) in [6.07, 6.45) is 3.24. The van der Waals surface area contributed by atoms with Crippen molar-refractivity contribution in [2.24, 2.45) is 0 Å². The van der Waals surface area contributed by atoms with Crippen molar-refractivity contribution in [3.8, 4) is 0 Å². The number of nitrogens with zero attached hydrogens (tertiary/aromatic N) is 1. The maximum Gasteiger partial charge on any atom is 0.199 e. The maximum absolute atomic E-state index is 12.2. The van der Waals surface area contributed by atoms with E-state index in [4.69, 9.17) is 0 Å². The summed E-state index contributed by atoms with van der Waals surface area (Å²) >= 11 is 0. The van der Waals surface area contributed by atoms with Crippen LogP contribution < -0.4 is 5.32 Å². The number of halogens is 1. The Morgan fingerprint density at radius 2 is 2.18 bits per heavy atom. The molecule has 1 atom stereocenters. The minimum Gasteiger partial charge on any atom is -0.315 e. The number of nitrogens with one attached hydrogen (secondary N) is 1. The number of piperidine rings is 1. The maximum atomic E-state index is 12.2. The Morgan fingerprint density at radius 3 is 2.71 bits per heavy atom. The lowest BCUT2D eigenvalue weighted by Crippen LogP contribution is -2.39. The largest absolute Gasteiger partial charge is 0.315 e. The fourth-order valence-electron chi connectivity index (χ4n) is 1.88. The van der Waals surface area contributed by atoms with Gasteiger partial charge >= 0.3 is 0 Å². The van der Waals surface area contributed by atoms with Crippen LogP contribution in [0.3, 0.4) is 0 Å². The van der Waals surface area contributed by atoms with E-state index in [-0.39, 0.29) is 22.7 Å². The molecule has 4 nitrogen and oxygen atoms in total. The quantitative estimate of drug-likeness (QED) is 0.886. The molecule has 1 saturated heterocycles. The van der Waals surface area contributed by atoms with E-state index in [1.54, 1.807) is 18.3 Å². The van der Waals surface area contributed by atoms with Crippen LogP contribution in [0.25, 0.3) is 0 Å². The fourth-order valence-corrected chi connectivity index (χ4v) is 3.49. The zero-order chi connectivity index (χ0) is 11.6. The van der Waals surface area contributed by atoms with Gasteiger partial charge in [-0.05, 0) is 37.9 Å². The van der Waals surface area contributed by atoms with Crippen LogP contribution in [0.2, 0.25) is 0 Å². The molecule has 17 heavy (non-hydrogen) atoms. The molecule has 1 fully saturated rings. The predicted octanol–water partition coefficient (Wildman–Crippen LogP) is 1.34. The molecule has 1 aromatic heterocycles. The van der Waals surface area contributed by atoms with Gasteiger partial charge in [-0.25, -0.2) is 13.4 Å². The molecule has 0 radical (unpaired) electrons. The van der Waals surface area contributed by atoms with Crippen molar-refractivity contribution >= 4 is 22.2 Å². The highest BCUT2D eigenvalue weighted by atomic mass is 35.5. The van der Waals surface area contributed by atoms with E-state index >= 15 is 0 Å². The Hall–Kier alpha value is -0.650. The van der Waals surface area contributed by atoms with E-state index in [9.17, 15) is 8.42 Å². The highest BCUT2D eigenvalue weighted by molar-refractivity contribution is 7.92. The summed E-state index contributed by atoms with van der Waals surface area (Å²) in [4.78, 5) is 4.01. The number of sulfone groups is 1. The van der Waals surface area contributed by atoms with Gasteiger partial charge in [-0.3, -0.25) is 0 Å². The third kappa shape index (κ3) is 3.18. The SMILES string of the molecule is Cc1ccc(S(=O)(=O)C2CCCNC2)nc1.Cl. The van der Waals surface area contributed by atoms with Crippen LogP contribution in [0.1, 0.15) is 18.4 Å². The summed E-state index contributed by atoms with van der Waals surface area (Å²) in [6.45, 7) is 3.34. The van der Waals surface area contributed by atoms with Crippen molar-refractivity contribution in [2.45, 2.75) is 30.0 Å². The molecule has 1 aromatic rings. The van der Waals surface area contributed by atoms with Crippen LogP contribution in [-0.2, 0) is 9.84 Å². The van der Waals surface area contributed by atoms with Crippen molar-refractivity contribution in [1.82, 2.24) is 10.3 Å². The van der Waals surface area contributed by atoms with E-state index in [0.717, 1.165) is 24.9 Å². The summed E-state index contributed by atoms with van der Waals surface area (Å²) in [7, 11) is -3.25. The zero-order valence-electron chi connectivity index (χ0n) is 9.72. The molecule has 0 amide bonds. The van der Waals surface area contributed by atoms with E-state index in [1.807, 2.05) is 6.92 Å². The van der Waals surface area contributed by atoms with E-state index in [2.05, 4.69) is 10.3 Å². The summed E-state index contributed by atoms with van der Waals surface area (Å²) in [5.41, 5.74) is 0.973. The second-order valence-corrected chi connectivity index (χ2v) is 6.36. The highest BCUT2D eigenvalue weighted by Gasteiger charge is 2.29. The van der Waals surface area contributed by atoms with Gasteiger partial charge in [0, 0.05) is 12.7 Å². The lowest BCUT2D eigenvalue weighted by Gasteiger charge is -2.22. The molecule has 0 saturated carbocycles. The number of aryl methyl sites for hydroxylation is 1. The first-order valence-corrected chi connectivity index (χ1v) is 7.02. The molecule has 2 rings (SSSR count). The third-order valence-electron chi connectivity index (χ3n) is 2.87. The van der Waals surface area contributed by atoms with Gasteiger partial charge < -0.3 is 5.32 Å². The lowest BCUT2D eigenvalue weighted by molar-refractivity contribution is 0.495. The third-order valence-corrected chi connectivity index (χ3v) is 4.97. The Labute approximate surface area is 108 Å². The molecule has 6 heteroatoms. The summed E-state index contributed by atoms with van der Waals surface area (Å²) in [6, 6.07) is 3.38. The van der Waals surface area contributed by atoms with Crippen LogP contribution in [-0.4, -0.2) is 31.7 Å². The molecule has 96 valence electrons. The molecular weight excluding hydrogens is 260 g/mol. The predicted molar refractivity (Wildman–Crippen MR) is 69.3 cm³/mol. The van der Waals surface area contributed by atoms with Gasteiger partial charge in [-0.1, -0.05) is 6.07 Å². The van der Waals surface area contributed by atoms with Gasteiger partial charge in [-0.15, -0.1) is 12.4 Å². The Balaban J connectivity index is 0.00000144. The summed E-state index contributed by atoms with van der Waals surface area (Å²) in [5.74, 6) is 0. The normalized spacial score (nSPS) is 20.6. The second-order valence-electron chi connectivity index (χ2n) is 4.19. The summed E-state index contributed by atoms with van der Waals surface area (Å²) in [5, 5.41) is 2.99. The van der Waals surface area contributed by atoms with Crippen molar-refractivity contribution in [2.75, 3.05) is 13.1 Å². The molecular formula is C11H17ClN2O2S. The lowest BCUT2D eigenvalue weighted by atomic mass is 10.2. The highest BCUT2D eigenvalue weighted by Crippen LogP contribution is 2.19. The fraction of sp³-hybridized carbons (Fsp3) is 0.545. The Bertz CT molecular complexity index is 453. The van der Waals surface area contributed by atoms with Crippen molar-refractivity contribution in [3.05, 3.63) is 23.9 Å². The van der Waals surface area contributed by atoms with Crippen LogP contribution in [0.5, 0.6) is 0 Å². The van der Waals surface area contributed by atoms with Crippen LogP contribution >= 0.6 is 12.4 Å². The number of hydrogen-bond donors (Lipinski definition) is 1. The van der Waals surface area contributed by atoms with Crippen molar-refractivity contribution in [3.63, 3.8) is 0 Å². The van der Waals surface area contributed by atoms with Crippen LogP contribution in [0, 0.1) is 6.92 Å². The van der Waals surface area contributed by atoms with Crippen LogP contribution in [0.4, 0.5) is 0 Å². The standard InChI is InChI=1S/C11H16N2O2S.ClH/c1-9-4-5-11(13-7-9)16(14,15)10-3-2-6-12-8-10;/h4-5,7,10,12H,2-3,6,8H2,1H3;1H. The smallest absolute Gasteiger partial charge is 0.199 e. The number of hydrogen-bond acceptors (Lipinski definition) is 4. The van der Waals surface area contributed by atoms with Gasteiger partial charge in [-0.2, -0.15) is 0 Å². The van der Waals surface area contributed by atoms with Gasteiger partial charge in [0.15, 0.2) is 14.9 Å². The molecule has 1 aliphatic heterocycles. The zero-order valence-corrected chi connectivity index (χ0v) is 11.4. The average molecular weight is 277 g/mol. The van der Waals surface area contributed by atoms with Gasteiger partial charge in [0.2, 0.25) is 0 Å². The van der Waals surface area contributed by atoms with Crippen molar-refractivity contribution < 1.29 is 8.42 Å². The first kappa shape index (κ1) is 14.4. The van der Waals surface area contributed by atoms with Crippen LogP contribution in [0.15, 0.2) is 23.4 Å².